The van der Waals surface area contributed by atoms with Crippen molar-refractivity contribution >= 4 is 34.0 Å². The van der Waals surface area contributed by atoms with E-state index in [0.29, 0.717) is 10.7 Å². The first-order valence-electron chi connectivity index (χ1n) is 7.71. The topological polar surface area (TPSA) is 38.3 Å². The molecule has 0 spiro atoms. The minimum atomic E-state index is -0.284. The van der Waals surface area contributed by atoms with Gasteiger partial charge in [-0.3, -0.25) is 4.79 Å². The van der Waals surface area contributed by atoms with E-state index in [0.717, 1.165) is 22.1 Å². The Morgan fingerprint density at radius 1 is 1.04 bits per heavy atom. The van der Waals surface area contributed by atoms with E-state index in [1.807, 2.05) is 55.5 Å². The molecule has 0 aromatic heterocycles. The summed E-state index contributed by atoms with van der Waals surface area (Å²) >= 11 is 6.10. The molecule has 1 atom stereocenters. The molecule has 0 saturated heterocycles. The van der Waals surface area contributed by atoms with Crippen LogP contribution in [0, 0.1) is 0 Å². The highest BCUT2D eigenvalue weighted by Gasteiger charge is 2.16. The summed E-state index contributed by atoms with van der Waals surface area (Å²) in [5.41, 5.74) is 1.58. The Morgan fingerprint density at radius 3 is 2.50 bits per heavy atom. The van der Waals surface area contributed by atoms with Crippen LogP contribution >= 0.6 is 11.6 Å². The van der Waals surface area contributed by atoms with Crippen LogP contribution in [0.25, 0.3) is 10.8 Å². The fraction of sp³-hybridized carbons (Fsp3) is 0.150. The first kappa shape index (κ1) is 16.3. The van der Waals surface area contributed by atoms with E-state index >= 15 is 0 Å². The molecule has 1 N–H and O–H groups in total. The molecule has 0 unspecified atom stereocenters. The Balaban J connectivity index is 1.83. The number of ether oxygens (including phenoxy) is 1. The van der Waals surface area contributed by atoms with Gasteiger partial charge >= 0.3 is 0 Å². The molecular weight excluding hydrogens is 322 g/mol. The molecule has 3 aromatic rings. The minimum absolute atomic E-state index is 0.0871. The third-order valence-electron chi connectivity index (χ3n) is 4.10. The van der Waals surface area contributed by atoms with Gasteiger partial charge in [-0.05, 0) is 47.5 Å². The number of benzene rings is 3. The maximum Gasteiger partial charge on any atom is 0.231 e. The molecule has 0 saturated carbocycles. The van der Waals surface area contributed by atoms with Crippen molar-refractivity contribution in [3.05, 3.63) is 71.2 Å². The molecule has 0 radical (unpaired) electrons. The summed E-state index contributed by atoms with van der Waals surface area (Å²) in [5.74, 6) is 0.448. The number of rotatable bonds is 4. The molecule has 0 aliphatic carbocycles. The molecule has 0 aliphatic heterocycles. The zero-order valence-corrected chi connectivity index (χ0v) is 14.3. The van der Waals surface area contributed by atoms with E-state index in [1.165, 1.54) is 0 Å². The first-order chi connectivity index (χ1) is 11.6. The lowest BCUT2D eigenvalue weighted by Gasteiger charge is -2.14. The van der Waals surface area contributed by atoms with Crippen LogP contribution in [0.4, 0.5) is 5.69 Å². The normalized spacial score (nSPS) is 12.0. The van der Waals surface area contributed by atoms with Crippen LogP contribution in [0.15, 0.2) is 60.7 Å². The Hall–Kier alpha value is -2.52. The third kappa shape index (κ3) is 3.36. The average Bonchev–Trinajstić information content (AvgIpc) is 2.62. The van der Waals surface area contributed by atoms with Crippen molar-refractivity contribution < 1.29 is 9.53 Å². The molecule has 3 aromatic carbocycles. The molecule has 0 fully saturated rings. The summed E-state index contributed by atoms with van der Waals surface area (Å²) in [6, 6.07) is 19.1. The summed E-state index contributed by atoms with van der Waals surface area (Å²) < 4.78 is 5.24. The fourth-order valence-electron chi connectivity index (χ4n) is 2.59. The minimum Gasteiger partial charge on any atom is -0.497 e. The number of halogens is 1. The van der Waals surface area contributed by atoms with E-state index in [1.54, 1.807) is 19.2 Å². The van der Waals surface area contributed by atoms with Gasteiger partial charge in [-0.1, -0.05) is 48.0 Å². The molecule has 0 heterocycles. The molecule has 3 rings (SSSR count). The van der Waals surface area contributed by atoms with Crippen molar-refractivity contribution in [2.45, 2.75) is 12.8 Å². The van der Waals surface area contributed by atoms with Gasteiger partial charge in [0, 0.05) is 0 Å². The molecule has 24 heavy (non-hydrogen) atoms. The molecule has 122 valence electrons. The molecule has 0 aliphatic rings. The fourth-order valence-corrected chi connectivity index (χ4v) is 2.78. The predicted octanol–water partition coefficient (Wildman–Crippen LogP) is 5.24. The SMILES string of the molecule is COc1ccc2cc([C@H](C)C(=O)Nc3ccccc3Cl)ccc2c1. The van der Waals surface area contributed by atoms with E-state index in [4.69, 9.17) is 16.3 Å². The number of carbonyl (C=O) groups is 1. The van der Waals surface area contributed by atoms with Crippen LogP contribution in [0.3, 0.4) is 0 Å². The first-order valence-corrected chi connectivity index (χ1v) is 8.09. The number of anilines is 1. The highest BCUT2D eigenvalue weighted by molar-refractivity contribution is 6.33. The highest BCUT2D eigenvalue weighted by Crippen LogP contribution is 2.27. The van der Waals surface area contributed by atoms with Gasteiger partial charge in [-0.15, -0.1) is 0 Å². The lowest BCUT2D eigenvalue weighted by Crippen LogP contribution is -2.19. The summed E-state index contributed by atoms with van der Waals surface area (Å²) in [4.78, 5) is 12.5. The number of nitrogens with one attached hydrogen (secondary N) is 1. The maximum atomic E-state index is 12.5. The van der Waals surface area contributed by atoms with Crippen LogP contribution in [0.1, 0.15) is 18.4 Å². The average molecular weight is 340 g/mol. The van der Waals surface area contributed by atoms with Crippen molar-refractivity contribution in [1.82, 2.24) is 0 Å². The van der Waals surface area contributed by atoms with Crippen molar-refractivity contribution in [2.24, 2.45) is 0 Å². The molecular formula is C20H18ClNO2. The van der Waals surface area contributed by atoms with Gasteiger partial charge < -0.3 is 10.1 Å². The lowest BCUT2D eigenvalue weighted by molar-refractivity contribution is -0.117. The Labute approximate surface area is 146 Å². The molecule has 0 bridgehead atoms. The van der Waals surface area contributed by atoms with Crippen LogP contribution in [0.5, 0.6) is 5.75 Å². The largest absolute Gasteiger partial charge is 0.497 e. The van der Waals surface area contributed by atoms with Crippen molar-refractivity contribution in [1.29, 1.82) is 0 Å². The monoisotopic (exact) mass is 339 g/mol. The van der Waals surface area contributed by atoms with Gasteiger partial charge in [0.25, 0.3) is 0 Å². The molecule has 1 amide bonds. The predicted molar refractivity (Wildman–Crippen MR) is 99.0 cm³/mol. The van der Waals surface area contributed by atoms with Crippen LogP contribution in [-0.4, -0.2) is 13.0 Å². The quantitative estimate of drug-likeness (QED) is 0.705. The second kappa shape index (κ2) is 6.93. The lowest BCUT2D eigenvalue weighted by atomic mass is 9.97. The maximum absolute atomic E-state index is 12.5. The van der Waals surface area contributed by atoms with E-state index < -0.39 is 0 Å². The number of para-hydroxylation sites is 1. The van der Waals surface area contributed by atoms with Crippen LogP contribution < -0.4 is 10.1 Å². The van der Waals surface area contributed by atoms with Gasteiger partial charge in [0.05, 0.1) is 23.7 Å². The second-order valence-corrected chi connectivity index (χ2v) is 6.07. The van der Waals surface area contributed by atoms with Crippen LogP contribution in [-0.2, 0) is 4.79 Å². The van der Waals surface area contributed by atoms with Gasteiger partial charge in [0.2, 0.25) is 5.91 Å². The van der Waals surface area contributed by atoms with E-state index in [9.17, 15) is 4.79 Å². The zero-order chi connectivity index (χ0) is 17.1. The van der Waals surface area contributed by atoms with Crippen LogP contribution in [0.2, 0.25) is 5.02 Å². The smallest absolute Gasteiger partial charge is 0.231 e. The summed E-state index contributed by atoms with van der Waals surface area (Å²) in [7, 11) is 1.65. The Kier molecular flexibility index (Phi) is 4.72. The molecule has 4 heteroatoms. The summed E-state index contributed by atoms with van der Waals surface area (Å²) in [5, 5.41) is 5.57. The number of fused-ring (bicyclic) bond motifs is 1. The van der Waals surface area contributed by atoms with Crippen molar-refractivity contribution in [3.63, 3.8) is 0 Å². The number of methoxy groups -OCH3 is 1. The third-order valence-corrected chi connectivity index (χ3v) is 4.43. The number of carbonyl (C=O) groups excluding carboxylic acids is 1. The summed E-state index contributed by atoms with van der Waals surface area (Å²) in [6.45, 7) is 1.89. The zero-order valence-electron chi connectivity index (χ0n) is 13.5. The number of hydrogen-bond donors (Lipinski definition) is 1. The van der Waals surface area contributed by atoms with Crippen molar-refractivity contribution in [2.75, 3.05) is 12.4 Å². The van der Waals surface area contributed by atoms with Gasteiger partial charge in [0.15, 0.2) is 0 Å². The Morgan fingerprint density at radius 2 is 1.75 bits per heavy atom. The number of amides is 1. The van der Waals surface area contributed by atoms with E-state index in [-0.39, 0.29) is 11.8 Å². The summed E-state index contributed by atoms with van der Waals surface area (Å²) in [6.07, 6.45) is 0. The highest BCUT2D eigenvalue weighted by atomic mass is 35.5. The van der Waals surface area contributed by atoms with E-state index in [2.05, 4.69) is 5.32 Å². The second-order valence-electron chi connectivity index (χ2n) is 5.66. The van der Waals surface area contributed by atoms with Crippen molar-refractivity contribution in [3.8, 4) is 5.75 Å². The van der Waals surface area contributed by atoms with Gasteiger partial charge in [-0.25, -0.2) is 0 Å². The number of hydrogen-bond acceptors (Lipinski definition) is 2. The molecule has 3 nitrogen and oxygen atoms in total. The van der Waals surface area contributed by atoms with Gasteiger partial charge in [0.1, 0.15) is 5.75 Å². The van der Waals surface area contributed by atoms with Gasteiger partial charge in [-0.2, -0.15) is 0 Å². The standard InChI is InChI=1S/C20H18ClNO2/c1-13(20(23)22-19-6-4-3-5-18(19)21)14-7-8-16-12-17(24-2)10-9-15(16)11-14/h3-13H,1-2H3,(H,22,23)/t13-/m0/s1. The Bertz CT molecular complexity index is 892.